The summed E-state index contributed by atoms with van der Waals surface area (Å²) in [5.74, 6) is 0.978. The van der Waals surface area contributed by atoms with Gasteiger partial charge >= 0.3 is 6.03 Å². The first-order chi connectivity index (χ1) is 11.6. The SMILES string of the molecule is Cc1cc(NC(=O)NCCc2ccc3c(n2)NCCC3)cnc1Cl. The van der Waals surface area contributed by atoms with E-state index < -0.39 is 0 Å². The molecule has 3 heterocycles. The summed E-state index contributed by atoms with van der Waals surface area (Å²) in [6.45, 7) is 3.32. The number of rotatable bonds is 4. The second-order valence-electron chi connectivity index (χ2n) is 5.80. The molecule has 0 spiro atoms. The highest BCUT2D eigenvalue weighted by atomic mass is 35.5. The Labute approximate surface area is 146 Å². The monoisotopic (exact) mass is 345 g/mol. The van der Waals surface area contributed by atoms with E-state index in [0.717, 1.165) is 36.5 Å². The van der Waals surface area contributed by atoms with Crippen molar-refractivity contribution in [3.05, 3.63) is 46.4 Å². The number of carbonyl (C=O) groups is 1. The van der Waals surface area contributed by atoms with Gasteiger partial charge in [-0.15, -0.1) is 0 Å². The standard InChI is InChI=1S/C17H20ClN5O/c1-11-9-14(10-21-15(11)18)23-17(24)20-8-6-13-5-4-12-3-2-7-19-16(12)22-13/h4-5,9-10H,2-3,6-8H2,1H3,(H,19,22)(H2,20,23,24). The molecule has 1 aliphatic heterocycles. The van der Waals surface area contributed by atoms with Crippen LogP contribution >= 0.6 is 11.6 Å². The fourth-order valence-electron chi connectivity index (χ4n) is 2.61. The van der Waals surface area contributed by atoms with Crippen LogP contribution in [0.1, 0.15) is 23.2 Å². The number of aromatic nitrogens is 2. The van der Waals surface area contributed by atoms with E-state index in [4.69, 9.17) is 11.6 Å². The summed E-state index contributed by atoms with van der Waals surface area (Å²) in [6.07, 6.45) is 4.44. The van der Waals surface area contributed by atoms with E-state index in [2.05, 4.69) is 32.0 Å². The van der Waals surface area contributed by atoms with Gasteiger partial charge in [-0.3, -0.25) is 0 Å². The lowest BCUT2D eigenvalue weighted by molar-refractivity contribution is 0.252. The molecular weight excluding hydrogens is 326 g/mol. The lowest BCUT2D eigenvalue weighted by Gasteiger charge is -2.17. The molecule has 6 nitrogen and oxygen atoms in total. The van der Waals surface area contributed by atoms with E-state index in [0.29, 0.717) is 23.8 Å². The quantitative estimate of drug-likeness (QED) is 0.744. The first-order valence-corrected chi connectivity index (χ1v) is 8.39. The van der Waals surface area contributed by atoms with Gasteiger partial charge in [0.25, 0.3) is 0 Å². The number of amides is 2. The summed E-state index contributed by atoms with van der Waals surface area (Å²) in [6, 6.07) is 5.66. The number of nitrogens with one attached hydrogen (secondary N) is 3. The molecule has 3 N–H and O–H groups in total. The first-order valence-electron chi connectivity index (χ1n) is 8.01. The van der Waals surface area contributed by atoms with Crippen LogP contribution in [0.2, 0.25) is 5.15 Å². The summed E-state index contributed by atoms with van der Waals surface area (Å²) >= 11 is 5.87. The van der Waals surface area contributed by atoms with E-state index in [9.17, 15) is 4.79 Å². The van der Waals surface area contributed by atoms with Crippen LogP contribution in [0.3, 0.4) is 0 Å². The molecule has 0 unspecified atom stereocenters. The number of hydrogen-bond acceptors (Lipinski definition) is 4. The number of carbonyl (C=O) groups excluding carboxylic acids is 1. The lowest BCUT2D eigenvalue weighted by atomic mass is 10.1. The van der Waals surface area contributed by atoms with Crippen LogP contribution in [0.4, 0.5) is 16.3 Å². The van der Waals surface area contributed by atoms with Crippen molar-refractivity contribution in [3.63, 3.8) is 0 Å². The van der Waals surface area contributed by atoms with E-state index in [1.807, 2.05) is 13.0 Å². The molecule has 0 saturated heterocycles. The molecule has 2 aromatic heterocycles. The molecule has 0 fully saturated rings. The smallest absolute Gasteiger partial charge is 0.319 e. The van der Waals surface area contributed by atoms with Crippen molar-refractivity contribution in [3.8, 4) is 0 Å². The Kier molecular flexibility index (Phi) is 5.15. The largest absolute Gasteiger partial charge is 0.370 e. The lowest BCUT2D eigenvalue weighted by Crippen LogP contribution is -2.30. The molecule has 0 atom stereocenters. The number of halogens is 1. The molecule has 0 bridgehead atoms. The topological polar surface area (TPSA) is 78.9 Å². The van der Waals surface area contributed by atoms with E-state index in [1.165, 1.54) is 11.8 Å². The zero-order chi connectivity index (χ0) is 16.9. The maximum Gasteiger partial charge on any atom is 0.319 e. The first kappa shape index (κ1) is 16.5. The number of pyridine rings is 2. The van der Waals surface area contributed by atoms with Crippen LogP contribution in [0, 0.1) is 6.92 Å². The van der Waals surface area contributed by atoms with Crippen molar-refractivity contribution in [2.75, 3.05) is 23.7 Å². The van der Waals surface area contributed by atoms with Gasteiger partial charge in [-0.2, -0.15) is 0 Å². The van der Waals surface area contributed by atoms with Crippen LogP contribution in [-0.2, 0) is 12.8 Å². The number of hydrogen-bond donors (Lipinski definition) is 3. The third kappa shape index (κ3) is 4.14. The van der Waals surface area contributed by atoms with Crippen molar-refractivity contribution in [2.24, 2.45) is 0 Å². The second kappa shape index (κ2) is 7.49. The van der Waals surface area contributed by atoms with Crippen LogP contribution in [-0.4, -0.2) is 29.1 Å². The maximum atomic E-state index is 11.9. The van der Waals surface area contributed by atoms with Gasteiger partial charge in [-0.1, -0.05) is 17.7 Å². The fourth-order valence-corrected chi connectivity index (χ4v) is 2.72. The summed E-state index contributed by atoms with van der Waals surface area (Å²) in [5.41, 5.74) is 3.67. The van der Waals surface area contributed by atoms with Crippen molar-refractivity contribution < 1.29 is 4.79 Å². The third-order valence-corrected chi connectivity index (χ3v) is 4.29. The van der Waals surface area contributed by atoms with Gasteiger partial charge in [0.15, 0.2) is 0 Å². The highest BCUT2D eigenvalue weighted by Gasteiger charge is 2.10. The van der Waals surface area contributed by atoms with Crippen LogP contribution < -0.4 is 16.0 Å². The van der Waals surface area contributed by atoms with Gasteiger partial charge in [0.1, 0.15) is 11.0 Å². The normalized spacial score (nSPS) is 12.9. The Bertz CT molecular complexity index is 750. The van der Waals surface area contributed by atoms with Gasteiger partial charge in [0, 0.05) is 25.2 Å². The van der Waals surface area contributed by atoms with Gasteiger partial charge in [0.05, 0.1) is 11.9 Å². The van der Waals surface area contributed by atoms with Crippen molar-refractivity contribution in [1.82, 2.24) is 15.3 Å². The Morgan fingerprint density at radius 1 is 1.42 bits per heavy atom. The van der Waals surface area contributed by atoms with E-state index in [-0.39, 0.29) is 6.03 Å². The highest BCUT2D eigenvalue weighted by Crippen LogP contribution is 2.19. The number of nitrogens with zero attached hydrogens (tertiary/aromatic N) is 2. The molecule has 2 amide bonds. The molecule has 126 valence electrons. The average Bonchev–Trinajstić information content (AvgIpc) is 2.58. The zero-order valence-electron chi connectivity index (χ0n) is 13.5. The number of urea groups is 1. The Morgan fingerprint density at radius 3 is 3.12 bits per heavy atom. The van der Waals surface area contributed by atoms with Crippen molar-refractivity contribution >= 4 is 29.1 Å². The third-order valence-electron chi connectivity index (χ3n) is 3.89. The molecule has 0 aliphatic carbocycles. The Hall–Kier alpha value is -2.34. The highest BCUT2D eigenvalue weighted by molar-refractivity contribution is 6.30. The summed E-state index contributed by atoms with van der Waals surface area (Å²) in [7, 11) is 0. The predicted molar refractivity (Wildman–Crippen MR) is 95.8 cm³/mol. The van der Waals surface area contributed by atoms with Gasteiger partial charge in [-0.05, 0) is 43.0 Å². The van der Waals surface area contributed by atoms with Crippen molar-refractivity contribution in [2.45, 2.75) is 26.2 Å². The van der Waals surface area contributed by atoms with E-state index in [1.54, 1.807) is 6.07 Å². The number of fused-ring (bicyclic) bond motifs is 1. The fraction of sp³-hybridized carbons (Fsp3) is 0.353. The zero-order valence-corrected chi connectivity index (χ0v) is 14.3. The Balaban J connectivity index is 1.49. The molecule has 0 saturated carbocycles. The average molecular weight is 346 g/mol. The summed E-state index contributed by atoms with van der Waals surface area (Å²) < 4.78 is 0. The molecule has 0 aromatic carbocycles. The minimum absolute atomic E-state index is 0.269. The minimum Gasteiger partial charge on any atom is -0.370 e. The van der Waals surface area contributed by atoms with E-state index >= 15 is 0 Å². The van der Waals surface area contributed by atoms with Gasteiger partial charge < -0.3 is 16.0 Å². The van der Waals surface area contributed by atoms with Crippen molar-refractivity contribution in [1.29, 1.82) is 0 Å². The number of aryl methyl sites for hydroxylation is 2. The summed E-state index contributed by atoms with van der Waals surface area (Å²) in [4.78, 5) is 20.5. The van der Waals surface area contributed by atoms with Crippen LogP contribution in [0.25, 0.3) is 0 Å². The molecule has 24 heavy (non-hydrogen) atoms. The maximum absolute atomic E-state index is 11.9. The summed E-state index contributed by atoms with van der Waals surface area (Å²) in [5, 5.41) is 9.32. The number of anilines is 2. The molecule has 0 radical (unpaired) electrons. The van der Waals surface area contributed by atoms with Crippen LogP contribution in [0.5, 0.6) is 0 Å². The predicted octanol–water partition coefficient (Wildman–Crippen LogP) is 3.16. The minimum atomic E-state index is -0.269. The molecule has 2 aromatic rings. The molecular formula is C17H20ClN5O. The Morgan fingerprint density at radius 2 is 2.29 bits per heavy atom. The molecule has 1 aliphatic rings. The van der Waals surface area contributed by atoms with Gasteiger partial charge in [-0.25, -0.2) is 14.8 Å². The van der Waals surface area contributed by atoms with Gasteiger partial charge in [0.2, 0.25) is 0 Å². The molecule has 3 rings (SSSR count). The molecule has 7 heteroatoms. The second-order valence-corrected chi connectivity index (χ2v) is 6.16. The van der Waals surface area contributed by atoms with Crippen LogP contribution in [0.15, 0.2) is 24.4 Å².